The average molecular weight is 404 g/mol. The van der Waals surface area contributed by atoms with E-state index >= 15 is 0 Å². The van der Waals surface area contributed by atoms with E-state index in [-0.39, 0.29) is 18.3 Å². The van der Waals surface area contributed by atoms with Crippen LogP contribution in [0, 0.1) is 0 Å². The van der Waals surface area contributed by atoms with E-state index in [9.17, 15) is 9.59 Å². The van der Waals surface area contributed by atoms with Crippen molar-refractivity contribution in [2.24, 2.45) is 5.73 Å². The molecule has 2 rings (SSSR count). The van der Waals surface area contributed by atoms with Crippen LogP contribution in [0.5, 0.6) is 5.75 Å². The Kier molecular flexibility index (Phi) is 7.08. The molecule has 0 fully saturated rings. The summed E-state index contributed by atoms with van der Waals surface area (Å²) < 4.78 is 10.8. The SMILES string of the molecule is CC(C)Oc1ccc(C(=O)C(CC(C)(C)OC(N)=O)c2ccc(Cl)cc2)cc1. The predicted molar refractivity (Wildman–Crippen MR) is 110 cm³/mol. The van der Waals surface area contributed by atoms with Crippen LogP contribution in [-0.2, 0) is 4.74 Å². The van der Waals surface area contributed by atoms with Gasteiger partial charge < -0.3 is 15.2 Å². The quantitative estimate of drug-likeness (QED) is 0.602. The maximum absolute atomic E-state index is 13.3. The highest BCUT2D eigenvalue weighted by Crippen LogP contribution is 2.32. The van der Waals surface area contributed by atoms with E-state index in [0.717, 1.165) is 5.56 Å². The number of Topliss-reactive ketones (excluding diaryl/α,β-unsaturated/α-hetero) is 1. The summed E-state index contributed by atoms with van der Waals surface area (Å²) in [6, 6.07) is 14.1. The van der Waals surface area contributed by atoms with Crippen molar-refractivity contribution in [2.75, 3.05) is 0 Å². The Morgan fingerprint density at radius 3 is 2.11 bits per heavy atom. The third kappa shape index (κ3) is 6.27. The second-order valence-corrected chi connectivity index (χ2v) is 7.98. The number of halogens is 1. The largest absolute Gasteiger partial charge is 0.491 e. The second-order valence-electron chi connectivity index (χ2n) is 7.54. The number of hydrogen-bond donors (Lipinski definition) is 1. The molecule has 150 valence electrons. The van der Waals surface area contributed by atoms with Crippen molar-refractivity contribution in [3.8, 4) is 5.75 Å². The molecule has 0 aliphatic heterocycles. The summed E-state index contributed by atoms with van der Waals surface area (Å²) in [5.41, 5.74) is 5.61. The number of ether oxygens (including phenoxy) is 2. The highest BCUT2D eigenvalue weighted by molar-refractivity contribution is 6.30. The molecule has 0 aliphatic carbocycles. The first-order valence-corrected chi connectivity index (χ1v) is 9.50. The van der Waals surface area contributed by atoms with Crippen LogP contribution in [0.15, 0.2) is 48.5 Å². The number of benzene rings is 2. The summed E-state index contributed by atoms with van der Waals surface area (Å²) in [6.45, 7) is 7.34. The Morgan fingerprint density at radius 2 is 1.61 bits per heavy atom. The first-order valence-electron chi connectivity index (χ1n) is 9.12. The van der Waals surface area contributed by atoms with Crippen LogP contribution >= 0.6 is 11.6 Å². The van der Waals surface area contributed by atoms with Gasteiger partial charge in [-0.2, -0.15) is 0 Å². The lowest BCUT2D eigenvalue weighted by atomic mass is 9.82. The number of nitrogens with two attached hydrogens (primary N) is 1. The molecule has 0 saturated heterocycles. The van der Waals surface area contributed by atoms with Crippen molar-refractivity contribution in [3.05, 3.63) is 64.7 Å². The van der Waals surface area contributed by atoms with E-state index in [0.29, 0.717) is 16.3 Å². The molecule has 0 spiro atoms. The Bertz CT molecular complexity index is 813. The molecule has 1 atom stereocenters. The summed E-state index contributed by atoms with van der Waals surface area (Å²) in [7, 11) is 0. The highest BCUT2D eigenvalue weighted by atomic mass is 35.5. The van der Waals surface area contributed by atoms with E-state index in [1.54, 1.807) is 50.2 Å². The molecule has 28 heavy (non-hydrogen) atoms. The Balaban J connectivity index is 2.33. The van der Waals surface area contributed by atoms with E-state index in [1.165, 1.54) is 0 Å². The molecule has 2 N–H and O–H groups in total. The minimum atomic E-state index is -0.910. The number of rotatable bonds is 8. The van der Waals surface area contributed by atoms with Gasteiger partial charge in [-0.1, -0.05) is 23.7 Å². The minimum Gasteiger partial charge on any atom is -0.491 e. The monoisotopic (exact) mass is 403 g/mol. The molecule has 0 saturated carbocycles. The lowest BCUT2D eigenvalue weighted by Gasteiger charge is -2.29. The molecule has 0 aromatic heterocycles. The third-order valence-corrected chi connectivity index (χ3v) is 4.42. The summed E-state index contributed by atoms with van der Waals surface area (Å²) in [4.78, 5) is 24.5. The van der Waals surface area contributed by atoms with Crippen LogP contribution in [0.3, 0.4) is 0 Å². The van der Waals surface area contributed by atoms with Crippen LogP contribution in [0.4, 0.5) is 4.79 Å². The normalized spacial score (nSPS) is 12.5. The fraction of sp³-hybridized carbons (Fsp3) is 0.364. The van der Waals surface area contributed by atoms with Crippen LogP contribution in [0.1, 0.15) is 56.0 Å². The summed E-state index contributed by atoms with van der Waals surface area (Å²) in [5.74, 6) is 0.0926. The molecule has 5 nitrogen and oxygen atoms in total. The Morgan fingerprint density at radius 1 is 1.04 bits per heavy atom. The van der Waals surface area contributed by atoms with Crippen molar-refractivity contribution in [2.45, 2.75) is 51.7 Å². The van der Waals surface area contributed by atoms with Gasteiger partial charge in [0.1, 0.15) is 11.4 Å². The molecular formula is C22H26ClNO4. The maximum atomic E-state index is 13.3. The molecule has 0 radical (unpaired) electrons. The zero-order valence-electron chi connectivity index (χ0n) is 16.6. The molecule has 0 bridgehead atoms. The number of carbonyl (C=O) groups is 2. The molecule has 0 heterocycles. The summed E-state index contributed by atoms with van der Waals surface area (Å²) in [5, 5.41) is 0.581. The van der Waals surface area contributed by atoms with E-state index in [4.69, 9.17) is 26.8 Å². The lowest BCUT2D eigenvalue weighted by molar-refractivity contribution is 0.0325. The number of carbonyl (C=O) groups excluding carboxylic acids is 2. The highest BCUT2D eigenvalue weighted by Gasteiger charge is 2.32. The van der Waals surface area contributed by atoms with Crippen LogP contribution in [0.25, 0.3) is 0 Å². The number of amides is 1. The number of hydrogen-bond acceptors (Lipinski definition) is 4. The van der Waals surface area contributed by atoms with Gasteiger partial charge in [-0.15, -0.1) is 0 Å². The molecule has 6 heteroatoms. The topological polar surface area (TPSA) is 78.6 Å². The first kappa shape index (κ1) is 21.8. The lowest BCUT2D eigenvalue weighted by Crippen LogP contribution is -2.34. The van der Waals surface area contributed by atoms with Gasteiger partial charge in [0.25, 0.3) is 0 Å². The van der Waals surface area contributed by atoms with Gasteiger partial charge in [-0.3, -0.25) is 4.79 Å². The van der Waals surface area contributed by atoms with Gasteiger partial charge in [0.05, 0.1) is 12.0 Å². The Hall–Kier alpha value is -2.53. The minimum absolute atomic E-state index is 0.0510. The predicted octanol–water partition coefficient (Wildman–Crippen LogP) is 5.36. The maximum Gasteiger partial charge on any atom is 0.405 e. The zero-order valence-corrected chi connectivity index (χ0v) is 17.3. The Labute approximate surface area is 170 Å². The zero-order chi connectivity index (χ0) is 20.9. The van der Waals surface area contributed by atoms with Gasteiger partial charge in [0.15, 0.2) is 5.78 Å². The molecule has 0 aliphatic rings. The van der Waals surface area contributed by atoms with Crippen molar-refractivity contribution in [1.82, 2.24) is 0 Å². The smallest absolute Gasteiger partial charge is 0.405 e. The fourth-order valence-corrected chi connectivity index (χ4v) is 3.16. The second kappa shape index (κ2) is 9.11. The molecule has 1 amide bonds. The first-order chi connectivity index (χ1) is 13.1. The molecule has 1 unspecified atom stereocenters. The molecule has 2 aromatic carbocycles. The van der Waals surface area contributed by atoms with Gasteiger partial charge in [0, 0.05) is 17.0 Å². The standard InChI is InChI=1S/C22H26ClNO4/c1-14(2)27-18-11-7-16(8-12-18)20(25)19(13-22(3,4)28-21(24)26)15-5-9-17(23)10-6-15/h5-12,14,19H,13H2,1-4H3,(H2,24,26). The summed E-state index contributed by atoms with van der Waals surface area (Å²) >= 11 is 5.99. The van der Waals surface area contributed by atoms with Gasteiger partial charge in [-0.05, 0) is 69.7 Å². The van der Waals surface area contributed by atoms with Crippen LogP contribution < -0.4 is 10.5 Å². The number of ketones is 1. The molecule has 2 aromatic rings. The van der Waals surface area contributed by atoms with Gasteiger partial charge >= 0.3 is 6.09 Å². The summed E-state index contributed by atoms with van der Waals surface area (Å²) in [6.07, 6.45) is -0.543. The van der Waals surface area contributed by atoms with E-state index in [1.807, 2.05) is 26.0 Å². The fourth-order valence-electron chi connectivity index (χ4n) is 3.03. The van der Waals surface area contributed by atoms with Crippen molar-refractivity contribution in [1.29, 1.82) is 0 Å². The van der Waals surface area contributed by atoms with Gasteiger partial charge in [-0.25, -0.2) is 4.79 Å². The van der Waals surface area contributed by atoms with Crippen LogP contribution in [-0.4, -0.2) is 23.6 Å². The molecular weight excluding hydrogens is 378 g/mol. The van der Waals surface area contributed by atoms with E-state index < -0.39 is 17.6 Å². The van der Waals surface area contributed by atoms with Crippen molar-refractivity contribution >= 4 is 23.5 Å². The number of primary amides is 1. The van der Waals surface area contributed by atoms with Crippen LogP contribution in [0.2, 0.25) is 5.02 Å². The van der Waals surface area contributed by atoms with Gasteiger partial charge in [0.2, 0.25) is 0 Å². The van der Waals surface area contributed by atoms with Crippen molar-refractivity contribution in [3.63, 3.8) is 0 Å². The van der Waals surface area contributed by atoms with Crippen molar-refractivity contribution < 1.29 is 19.1 Å². The average Bonchev–Trinajstić information content (AvgIpc) is 2.59. The van der Waals surface area contributed by atoms with E-state index in [2.05, 4.69) is 0 Å². The third-order valence-electron chi connectivity index (χ3n) is 4.17.